The van der Waals surface area contributed by atoms with Crippen molar-refractivity contribution in [2.75, 3.05) is 11.9 Å². The zero-order valence-corrected chi connectivity index (χ0v) is 12.9. The number of ether oxygens (including phenoxy) is 1. The second kappa shape index (κ2) is 7.14. The lowest BCUT2D eigenvalue weighted by atomic mass is 10.1. The Bertz CT molecular complexity index is 608. The number of halogens is 1. The second-order valence-corrected chi connectivity index (χ2v) is 5.60. The molecule has 0 aliphatic heterocycles. The zero-order valence-electron chi connectivity index (χ0n) is 12.1. The van der Waals surface area contributed by atoms with E-state index in [1.807, 2.05) is 12.1 Å². The van der Waals surface area contributed by atoms with Crippen molar-refractivity contribution in [1.82, 2.24) is 0 Å². The molecule has 0 fully saturated rings. The molecule has 0 aromatic heterocycles. The average Bonchev–Trinajstić information content (AvgIpc) is 2.47. The Kier molecular flexibility index (Phi) is 5.23. The van der Waals surface area contributed by atoms with Crippen molar-refractivity contribution in [3.63, 3.8) is 0 Å². The van der Waals surface area contributed by atoms with Crippen molar-refractivity contribution < 1.29 is 9.53 Å². The summed E-state index contributed by atoms with van der Waals surface area (Å²) in [5, 5.41) is 3.47. The summed E-state index contributed by atoms with van der Waals surface area (Å²) in [5.41, 5.74) is 1.22. The topological polar surface area (TPSA) is 38.3 Å². The number of benzene rings is 2. The molecule has 0 radical (unpaired) electrons. The molecule has 0 heterocycles. The molecule has 0 saturated heterocycles. The van der Waals surface area contributed by atoms with Gasteiger partial charge in [-0.05, 0) is 42.3 Å². The summed E-state index contributed by atoms with van der Waals surface area (Å²) >= 11 is 5.83. The lowest BCUT2D eigenvalue weighted by Crippen LogP contribution is -2.14. The summed E-state index contributed by atoms with van der Waals surface area (Å²) in [6.45, 7) is 4.71. The predicted molar refractivity (Wildman–Crippen MR) is 86.2 cm³/mol. The molecule has 0 saturated carbocycles. The minimum atomic E-state index is -0.198. The molecule has 0 spiro atoms. The third kappa shape index (κ3) is 4.50. The first-order valence-electron chi connectivity index (χ1n) is 6.85. The van der Waals surface area contributed by atoms with Crippen LogP contribution in [-0.4, -0.2) is 12.5 Å². The van der Waals surface area contributed by atoms with Gasteiger partial charge >= 0.3 is 0 Å². The third-order valence-corrected chi connectivity index (χ3v) is 3.06. The van der Waals surface area contributed by atoms with E-state index in [1.54, 1.807) is 36.4 Å². The van der Waals surface area contributed by atoms with Crippen LogP contribution in [-0.2, 0) is 0 Å². The highest BCUT2D eigenvalue weighted by atomic mass is 35.5. The van der Waals surface area contributed by atoms with E-state index in [1.165, 1.54) is 0 Å². The number of amides is 1. The molecule has 110 valence electrons. The molecule has 4 heteroatoms. The molecule has 0 atom stereocenters. The quantitative estimate of drug-likeness (QED) is 0.874. The highest BCUT2D eigenvalue weighted by Crippen LogP contribution is 2.21. The zero-order chi connectivity index (χ0) is 15.2. The maximum absolute atomic E-state index is 12.3. The third-order valence-electron chi connectivity index (χ3n) is 2.81. The Hall–Kier alpha value is -2.00. The Morgan fingerprint density at radius 1 is 1.14 bits per heavy atom. The van der Waals surface area contributed by atoms with E-state index in [-0.39, 0.29) is 5.91 Å². The first-order valence-corrected chi connectivity index (χ1v) is 7.23. The Morgan fingerprint density at radius 2 is 1.81 bits per heavy atom. The molecule has 21 heavy (non-hydrogen) atoms. The van der Waals surface area contributed by atoms with Crippen molar-refractivity contribution in [2.24, 2.45) is 5.92 Å². The van der Waals surface area contributed by atoms with E-state index in [9.17, 15) is 4.79 Å². The number of hydrogen-bond donors (Lipinski definition) is 1. The number of nitrogens with one attached hydrogen (secondary N) is 1. The molecular weight excluding hydrogens is 286 g/mol. The standard InChI is InChI=1S/C17H18ClNO2/c1-12(2)11-21-16-6-4-3-5-15(16)17(20)19-14-9-7-13(18)8-10-14/h3-10,12H,11H2,1-2H3,(H,19,20). The van der Waals surface area contributed by atoms with E-state index in [2.05, 4.69) is 19.2 Å². The Labute approximate surface area is 129 Å². The van der Waals surface area contributed by atoms with Gasteiger partial charge in [-0.2, -0.15) is 0 Å². The van der Waals surface area contributed by atoms with E-state index < -0.39 is 0 Å². The first-order chi connectivity index (χ1) is 10.1. The van der Waals surface area contributed by atoms with Crippen molar-refractivity contribution in [2.45, 2.75) is 13.8 Å². The highest BCUT2D eigenvalue weighted by molar-refractivity contribution is 6.30. The summed E-state index contributed by atoms with van der Waals surface area (Å²) in [5.74, 6) is 0.798. The van der Waals surface area contributed by atoms with Crippen LogP contribution in [0.15, 0.2) is 48.5 Å². The van der Waals surface area contributed by atoms with E-state index >= 15 is 0 Å². The van der Waals surface area contributed by atoms with Gasteiger partial charge in [-0.3, -0.25) is 4.79 Å². The van der Waals surface area contributed by atoms with Crippen LogP contribution < -0.4 is 10.1 Å². The van der Waals surface area contributed by atoms with E-state index in [4.69, 9.17) is 16.3 Å². The number of anilines is 1. The van der Waals surface area contributed by atoms with Crippen molar-refractivity contribution in [1.29, 1.82) is 0 Å². The monoisotopic (exact) mass is 303 g/mol. The summed E-state index contributed by atoms with van der Waals surface area (Å²) < 4.78 is 5.69. The van der Waals surface area contributed by atoms with Crippen molar-refractivity contribution >= 4 is 23.2 Å². The van der Waals surface area contributed by atoms with Gasteiger partial charge in [0.2, 0.25) is 0 Å². The molecule has 2 rings (SSSR count). The largest absolute Gasteiger partial charge is 0.492 e. The van der Waals surface area contributed by atoms with Gasteiger partial charge in [0.25, 0.3) is 5.91 Å². The van der Waals surface area contributed by atoms with Crippen LogP contribution in [0.2, 0.25) is 5.02 Å². The maximum Gasteiger partial charge on any atom is 0.259 e. The van der Waals surface area contributed by atoms with Crippen LogP contribution in [0.5, 0.6) is 5.75 Å². The van der Waals surface area contributed by atoms with Gasteiger partial charge in [-0.25, -0.2) is 0 Å². The van der Waals surface area contributed by atoms with E-state index in [0.29, 0.717) is 34.5 Å². The molecule has 0 unspecified atom stereocenters. The van der Waals surface area contributed by atoms with Crippen LogP contribution in [0.4, 0.5) is 5.69 Å². The molecule has 1 N–H and O–H groups in total. The average molecular weight is 304 g/mol. The lowest BCUT2D eigenvalue weighted by molar-refractivity contribution is 0.102. The Balaban J connectivity index is 2.13. The van der Waals surface area contributed by atoms with Gasteiger partial charge in [0.05, 0.1) is 12.2 Å². The second-order valence-electron chi connectivity index (χ2n) is 5.16. The lowest BCUT2D eigenvalue weighted by Gasteiger charge is -2.13. The fraction of sp³-hybridized carbons (Fsp3) is 0.235. The van der Waals surface area contributed by atoms with Crippen LogP contribution in [0, 0.1) is 5.92 Å². The van der Waals surface area contributed by atoms with Crippen LogP contribution in [0.3, 0.4) is 0 Å². The number of hydrogen-bond acceptors (Lipinski definition) is 2. The summed E-state index contributed by atoms with van der Waals surface area (Å²) in [6, 6.07) is 14.2. The van der Waals surface area contributed by atoms with Gasteiger partial charge in [-0.15, -0.1) is 0 Å². The van der Waals surface area contributed by atoms with Crippen molar-refractivity contribution in [3.05, 3.63) is 59.1 Å². The number of carbonyl (C=O) groups excluding carboxylic acids is 1. The first kappa shape index (κ1) is 15.4. The molecule has 0 aliphatic rings. The van der Waals surface area contributed by atoms with Crippen LogP contribution in [0.1, 0.15) is 24.2 Å². The molecule has 0 bridgehead atoms. The highest BCUT2D eigenvalue weighted by Gasteiger charge is 2.12. The van der Waals surface area contributed by atoms with Crippen LogP contribution in [0.25, 0.3) is 0 Å². The van der Waals surface area contributed by atoms with Crippen LogP contribution >= 0.6 is 11.6 Å². The predicted octanol–water partition coefficient (Wildman–Crippen LogP) is 4.63. The van der Waals surface area contributed by atoms with Gasteiger partial charge < -0.3 is 10.1 Å². The SMILES string of the molecule is CC(C)COc1ccccc1C(=O)Nc1ccc(Cl)cc1. The number of carbonyl (C=O) groups is 1. The van der Waals surface area contributed by atoms with E-state index in [0.717, 1.165) is 0 Å². The smallest absolute Gasteiger partial charge is 0.259 e. The minimum absolute atomic E-state index is 0.198. The Morgan fingerprint density at radius 3 is 2.48 bits per heavy atom. The molecular formula is C17H18ClNO2. The number of rotatable bonds is 5. The normalized spacial score (nSPS) is 10.5. The van der Waals surface area contributed by atoms with Gasteiger partial charge in [-0.1, -0.05) is 37.6 Å². The van der Waals surface area contributed by atoms with Crippen molar-refractivity contribution in [3.8, 4) is 5.75 Å². The molecule has 3 nitrogen and oxygen atoms in total. The van der Waals surface area contributed by atoms with Gasteiger partial charge in [0.15, 0.2) is 0 Å². The summed E-state index contributed by atoms with van der Waals surface area (Å²) in [7, 11) is 0. The molecule has 2 aromatic rings. The summed E-state index contributed by atoms with van der Waals surface area (Å²) in [4.78, 5) is 12.3. The minimum Gasteiger partial charge on any atom is -0.492 e. The van der Waals surface area contributed by atoms with Gasteiger partial charge in [0, 0.05) is 10.7 Å². The maximum atomic E-state index is 12.3. The fourth-order valence-electron chi connectivity index (χ4n) is 1.77. The summed E-state index contributed by atoms with van der Waals surface area (Å²) in [6.07, 6.45) is 0. The van der Waals surface area contributed by atoms with Gasteiger partial charge in [0.1, 0.15) is 5.75 Å². The molecule has 2 aromatic carbocycles. The molecule has 1 amide bonds. The number of para-hydroxylation sites is 1. The molecule has 0 aliphatic carbocycles. The fourth-order valence-corrected chi connectivity index (χ4v) is 1.89.